The molecule has 94 valence electrons. The number of nitrogens with two attached hydrogens (primary N) is 1. The highest BCUT2D eigenvalue weighted by Gasteiger charge is 2.07. The van der Waals surface area contributed by atoms with Crippen LogP contribution in [0.3, 0.4) is 0 Å². The summed E-state index contributed by atoms with van der Waals surface area (Å²) in [5, 5.41) is 0.569. The van der Waals surface area contributed by atoms with E-state index in [2.05, 4.69) is 0 Å². The van der Waals surface area contributed by atoms with Crippen LogP contribution in [-0.4, -0.2) is 0 Å². The lowest BCUT2D eigenvalue weighted by Crippen LogP contribution is -1.93. The third kappa shape index (κ3) is 3.15. The SMILES string of the molecule is Nc1ccc(Cl)cc1CSc1cc(F)ccc1F. The number of hydrogen-bond donors (Lipinski definition) is 1. The Morgan fingerprint density at radius 3 is 2.67 bits per heavy atom. The van der Waals surface area contributed by atoms with Crippen molar-refractivity contribution < 1.29 is 8.78 Å². The summed E-state index contributed by atoms with van der Waals surface area (Å²) in [6.45, 7) is 0. The highest BCUT2D eigenvalue weighted by Crippen LogP contribution is 2.29. The summed E-state index contributed by atoms with van der Waals surface area (Å²) in [5.41, 5.74) is 7.17. The molecule has 0 spiro atoms. The zero-order chi connectivity index (χ0) is 13.1. The van der Waals surface area contributed by atoms with Gasteiger partial charge >= 0.3 is 0 Å². The average Bonchev–Trinajstić information content (AvgIpc) is 2.34. The highest BCUT2D eigenvalue weighted by molar-refractivity contribution is 7.98. The fourth-order valence-electron chi connectivity index (χ4n) is 1.44. The molecular weight excluding hydrogens is 276 g/mol. The van der Waals surface area contributed by atoms with Gasteiger partial charge in [0.2, 0.25) is 0 Å². The van der Waals surface area contributed by atoms with Crippen LogP contribution < -0.4 is 5.73 Å². The maximum atomic E-state index is 13.4. The number of hydrogen-bond acceptors (Lipinski definition) is 2. The monoisotopic (exact) mass is 285 g/mol. The number of halogens is 3. The fourth-order valence-corrected chi connectivity index (χ4v) is 2.60. The van der Waals surface area contributed by atoms with Crippen LogP contribution in [0.2, 0.25) is 5.02 Å². The number of thioether (sulfide) groups is 1. The zero-order valence-electron chi connectivity index (χ0n) is 9.29. The second-order valence-corrected chi connectivity index (χ2v) is 5.16. The minimum absolute atomic E-state index is 0.259. The number of rotatable bonds is 3. The van der Waals surface area contributed by atoms with Gasteiger partial charge in [-0.2, -0.15) is 0 Å². The largest absolute Gasteiger partial charge is 0.398 e. The summed E-state index contributed by atoms with van der Waals surface area (Å²) >= 11 is 7.04. The molecule has 2 rings (SSSR count). The summed E-state index contributed by atoms with van der Waals surface area (Å²) < 4.78 is 26.4. The van der Waals surface area contributed by atoms with E-state index in [0.29, 0.717) is 16.5 Å². The molecule has 0 aliphatic rings. The van der Waals surface area contributed by atoms with E-state index in [1.807, 2.05) is 0 Å². The number of anilines is 1. The third-order valence-electron chi connectivity index (χ3n) is 2.38. The first kappa shape index (κ1) is 13.2. The van der Waals surface area contributed by atoms with Gasteiger partial charge in [0, 0.05) is 21.4 Å². The van der Waals surface area contributed by atoms with E-state index in [1.165, 1.54) is 17.8 Å². The lowest BCUT2D eigenvalue weighted by Gasteiger charge is -2.07. The average molecular weight is 286 g/mol. The van der Waals surface area contributed by atoms with Gasteiger partial charge in [0.15, 0.2) is 0 Å². The van der Waals surface area contributed by atoms with Crippen LogP contribution in [0.4, 0.5) is 14.5 Å². The first-order chi connectivity index (χ1) is 8.56. The lowest BCUT2D eigenvalue weighted by atomic mass is 10.2. The molecule has 0 saturated carbocycles. The molecule has 2 N–H and O–H groups in total. The molecule has 18 heavy (non-hydrogen) atoms. The number of benzene rings is 2. The predicted molar refractivity (Wildman–Crippen MR) is 71.8 cm³/mol. The van der Waals surface area contributed by atoms with Crippen molar-refractivity contribution in [1.29, 1.82) is 0 Å². The van der Waals surface area contributed by atoms with Crippen LogP contribution in [0.1, 0.15) is 5.56 Å². The van der Waals surface area contributed by atoms with Crippen LogP contribution in [0, 0.1) is 11.6 Å². The van der Waals surface area contributed by atoms with E-state index in [1.54, 1.807) is 18.2 Å². The Morgan fingerprint density at radius 1 is 1.11 bits per heavy atom. The van der Waals surface area contributed by atoms with Gasteiger partial charge in [-0.05, 0) is 42.0 Å². The quantitative estimate of drug-likeness (QED) is 0.664. The summed E-state index contributed by atoms with van der Waals surface area (Å²) in [6, 6.07) is 8.47. The van der Waals surface area contributed by atoms with Gasteiger partial charge in [0.25, 0.3) is 0 Å². The van der Waals surface area contributed by atoms with Crippen molar-refractivity contribution in [2.24, 2.45) is 0 Å². The lowest BCUT2D eigenvalue weighted by molar-refractivity contribution is 0.577. The Bertz CT molecular complexity index is 523. The maximum Gasteiger partial charge on any atom is 0.136 e. The molecule has 0 aromatic heterocycles. The topological polar surface area (TPSA) is 26.0 Å². The van der Waals surface area contributed by atoms with E-state index < -0.39 is 11.6 Å². The van der Waals surface area contributed by atoms with Gasteiger partial charge in [0.05, 0.1) is 0 Å². The highest BCUT2D eigenvalue weighted by atomic mass is 35.5. The summed E-state index contributed by atoms with van der Waals surface area (Å²) in [4.78, 5) is 0.259. The van der Waals surface area contributed by atoms with Gasteiger partial charge < -0.3 is 5.73 Å². The smallest absolute Gasteiger partial charge is 0.136 e. The minimum Gasteiger partial charge on any atom is -0.398 e. The molecule has 0 radical (unpaired) electrons. The van der Waals surface area contributed by atoms with Gasteiger partial charge in [-0.1, -0.05) is 11.6 Å². The van der Waals surface area contributed by atoms with Crippen molar-refractivity contribution in [3.05, 3.63) is 58.6 Å². The molecule has 0 bridgehead atoms. The summed E-state index contributed by atoms with van der Waals surface area (Å²) in [7, 11) is 0. The normalized spacial score (nSPS) is 10.6. The Labute approximate surface area is 113 Å². The van der Waals surface area contributed by atoms with E-state index in [4.69, 9.17) is 17.3 Å². The Hall–Kier alpha value is -1.26. The van der Waals surface area contributed by atoms with Crippen LogP contribution in [0.25, 0.3) is 0 Å². The standard InChI is InChI=1S/C13H10ClF2NS/c14-9-1-4-12(17)8(5-9)7-18-13-6-10(15)2-3-11(13)16/h1-6H,7,17H2. The molecule has 0 amide bonds. The maximum absolute atomic E-state index is 13.4. The molecule has 2 aromatic carbocycles. The third-order valence-corrected chi connectivity index (χ3v) is 3.70. The van der Waals surface area contributed by atoms with Crippen LogP contribution in [0.5, 0.6) is 0 Å². The molecule has 0 aliphatic heterocycles. The van der Waals surface area contributed by atoms with Crippen LogP contribution >= 0.6 is 23.4 Å². The van der Waals surface area contributed by atoms with E-state index in [0.717, 1.165) is 17.7 Å². The van der Waals surface area contributed by atoms with Crippen LogP contribution in [-0.2, 0) is 5.75 Å². The fraction of sp³-hybridized carbons (Fsp3) is 0.0769. The molecule has 1 nitrogen and oxygen atoms in total. The number of nitrogen functional groups attached to an aromatic ring is 1. The molecule has 0 saturated heterocycles. The molecule has 0 heterocycles. The van der Waals surface area contributed by atoms with Gasteiger partial charge in [-0.25, -0.2) is 8.78 Å². The van der Waals surface area contributed by atoms with Crippen molar-refractivity contribution in [1.82, 2.24) is 0 Å². The molecule has 0 atom stereocenters. The molecule has 5 heteroatoms. The molecule has 0 fully saturated rings. The van der Waals surface area contributed by atoms with Crippen LogP contribution in [0.15, 0.2) is 41.3 Å². The van der Waals surface area contributed by atoms with Crippen molar-refractivity contribution in [2.75, 3.05) is 5.73 Å². The summed E-state index contributed by atoms with van der Waals surface area (Å²) in [6.07, 6.45) is 0. The van der Waals surface area contributed by atoms with E-state index >= 15 is 0 Å². The summed E-state index contributed by atoms with van der Waals surface area (Å²) in [5.74, 6) is -0.466. The Morgan fingerprint density at radius 2 is 1.89 bits per heavy atom. The molecular formula is C13H10ClF2NS. The van der Waals surface area contributed by atoms with Gasteiger partial charge in [-0.3, -0.25) is 0 Å². The molecule has 0 unspecified atom stereocenters. The Balaban J connectivity index is 2.16. The van der Waals surface area contributed by atoms with Crippen molar-refractivity contribution in [3.8, 4) is 0 Å². The first-order valence-electron chi connectivity index (χ1n) is 5.18. The van der Waals surface area contributed by atoms with Crippen molar-refractivity contribution in [3.63, 3.8) is 0 Å². The van der Waals surface area contributed by atoms with E-state index in [-0.39, 0.29) is 4.90 Å². The molecule has 0 aliphatic carbocycles. The second kappa shape index (κ2) is 5.59. The van der Waals surface area contributed by atoms with Gasteiger partial charge in [-0.15, -0.1) is 11.8 Å². The first-order valence-corrected chi connectivity index (χ1v) is 6.54. The Kier molecular flexibility index (Phi) is 4.09. The van der Waals surface area contributed by atoms with Crippen molar-refractivity contribution in [2.45, 2.75) is 10.6 Å². The van der Waals surface area contributed by atoms with Crippen molar-refractivity contribution >= 4 is 29.1 Å². The minimum atomic E-state index is -0.460. The molecule has 2 aromatic rings. The predicted octanol–water partition coefficient (Wildman–Crippen LogP) is 4.49. The zero-order valence-corrected chi connectivity index (χ0v) is 10.9. The van der Waals surface area contributed by atoms with Gasteiger partial charge in [0.1, 0.15) is 11.6 Å². The second-order valence-electron chi connectivity index (χ2n) is 3.71. The van der Waals surface area contributed by atoms with E-state index in [9.17, 15) is 8.78 Å².